The smallest absolute Gasteiger partial charge is 0.310 e. The molecule has 5 heteroatoms. The average Bonchev–Trinajstić information content (AvgIpc) is 2.33. The topological polar surface area (TPSA) is 57.5 Å². The molecule has 0 amide bonds. The highest BCUT2D eigenvalue weighted by molar-refractivity contribution is 6.40. The molecule has 1 unspecified atom stereocenters. The molecule has 1 fully saturated rings. The molecule has 0 spiro atoms. The van der Waals surface area contributed by atoms with Crippen molar-refractivity contribution < 1.29 is 15.0 Å². The van der Waals surface area contributed by atoms with Crippen molar-refractivity contribution in [1.29, 1.82) is 0 Å². The maximum absolute atomic E-state index is 11.8. The van der Waals surface area contributed by atoms with E-state index in [2.05, 4.69) is 0 Å². The third kappa shape index (κ3) is 2.83. The molecule has 2 aliphatic rings. The molecule has 0 aliphatic heterocycles. The molecule has 0 heterocycles. The van der Waals surface area contributed by atoms with Crippen LogP contribution in [0.5, 0.6) is 0 Å². The molecule has 0 aromatic carbocycles. The van der Waals surface area contributed by atoms with Crippen molar-refractivity contribution in [3.8, 4) is 0 Å². The minimum atomic E-state index is -0.837. The second-order valence-electron chi connectivity index (χ2n) is 5.88. The number of carbonyl (C=O) groups is 1. The minimum Gasteiger partial charge on any atom is -0.481 e. The molecule has 0 radical (unpaired) electrons. The molecule has 106 valence electrons. The van der Waals surface area contributed by atoms with Gasteiger partial charge in [-0.3, -0.25) is 4.79 Å². The molecule has 0 bridgehead atoms. The van der Waals surface area contributed by atoms with E-state index in [0.29, 0.717) is 42.2 Å². The molecule has 2 rings (SSSR count). The van der Waals surface area contributed by atoms with Gasteiger partial charge in [0.25, 0.3) is 0 Å². The Balaban J connectivity index is 2.24. The van der Waals surface area contributed by atoms with Crippen molar-refractivity contribution in [3.05, 3.63) is 22.2 Å². The summed E-state index contributed by atoms with van der Waals surface area (Å²) in [6, 6.07) is 0. The molecule has 1 atom stereocenters. The van der Waals surface area contributed by atoms with Gasteiger partial charge >= 0.3 is 5.97 Å². The normalized spacial score (nSPS) is 39.5. The maximum Gasteiger partial charge on any atom is 0.310 e. The Morgan fingerprint density at radius 2 is 1.89 bits per heavy atom. The standard InChI is InChI=1S/C14H18Cl2O3/c1-13(19)4-6-14(7-5-13,12(17)18)9-2-3-10(15)11(16)8-9/h2-3,9,19H,4-8H2,1H3,(H,17,18)/t9?,13-,14-. The number of aliphatic carboxylic acids is 1. The molecular weight excluding hydrogens is 287 g/mol. The monoisotopic (exact) mass is 304 g/mol. The number of carboxylic acids is 1. The van der Waals surface area contributed by atoms with E-state index < -0.39 is 17.0 Å². The first-order valence-corrected chi connectivity index (χ1v) is 7.21. The van der Waals surface area contributed by atoms with Crippen LogP contribution in [0.4, 0.5) is 0 Å². The molecule has 2 N–H and O–H groups in total. The Hall–Kier alpha value is -0.510. The van der Waals surface area contributed by atoms with Gasteiger partial charge in [-0.25, -0.2) is 0 Å². The lowest BCUT2D eigenvalue weighted by Gasteiger charge is -2.44. The first-order chi connectivity index (χ1) is 8.77. The van der Waals surface area contributed by atoms with E-state index in [0.717, 1.165) is 0 Å². The van der Waals surface area contributed by atoms with Crippen LogP contribution >= 0.6 is 23.2 Å². The molecule has 0 aromatic heterocycles. The first-order valence-electron chi connectivity index (χ1n) is 6.45. The number of allylic oxidation sites excluding steroid dienone is 4. The fourth-order valence-electron chi connectivity index (χ4n) is 3.01. The first kappa shape index (κ1) is 14.9. The SMILES string of the molecule is C[C@]1(O)CC[C@@](C(=O)O)(C2C=CC(Cl)=C(Cl)C2)CC1. The van der Waals surface area contributed by atoms with Crippen molar-refractivity contribution >= 4 is 29.2 Å². The highest BCUT2D eigenvalue weighted by atomic mass is 35.5. The summed E-state index contributed by atoms with van der Waals surface area (Å²) >= 11 is 12.0. The van der Waals surface area contributed by atoms with Gasteiger partial charge in [-0.2, -0.15) is 0 Å². The van der Waals surface area contributed by atoms with E-state index in [1.54, 1.807) is 13.0 Å². The van der Waals surface area contributed by atoms with E-state index in [-0.39, 0.29) is 5.92 Å². The molecule has 1 saturated carbocycles. The number of hydrogen-bond donors (Lipinski definition) is 2. The highest BCUT2D eigenvalue weighted by Gasteiger charge is 2.49. The van der Waals surface area contributed by atoms with Gasteiger partial charge in [-0.1, -0.05) is 29.3 Å². The molecule has 2 aliphatic carbocycles. The fraction of sp³-hybridized carbons (Fsp3) is 0.643. The fourth-order valence-corrected chi connectivity index (χ4v) is 3.39. The summed E-state index contributed by atoms with van der Waals surface area (Å²) < 4.78 is 0. The van der Waals surface area contributed by atoms with Crippen LogP contribution in [0.2, 0.25) is 0 Å². The number of rotatable bonds is 2. The van der Waals surface area contributed by atoms with E-state index in [1.807, 2.05) is 6.08 Å². The lowest BCUT2D eigenvalue weighted by molar-refractivity contribution is -0.158. The van der Waals surface area contributed by atoms with Gasteiger partial charge in [0.2, 0.25) is 0 Å². The van der Waals surface area contributed by atoms with Crippen LogP contribution < -0.4 is 0 Å². The maximum atomic E-state index is 11.8. The summed E-state index contributed by atoms with van der Waals surface area (Å²) in [4.78, 5) is 11.8. The summed E-state index contributed by atoms with van der Waals surface area (Å²) in [5.74, 6) is -0.962. The predicted molar refractivity (Wildman–Crippen MR) is 75.1 cm³/mol. The lowest BCUT2D eigenvalue weighted by Crippen LogP contribution is -2.46. The second kappa shape index (κ2) is 5.12. The molecule has 0 aromatic rings. The Morgan fingerprint density at radius 3 is 2.37 bits per heavy atom. The highest BCUT2D eigenvalue weighted by Crippen LogP contribution is 2.50. The van der Waals surface area contributed by atoms with Gasteiger partial charge in [-0.15, -0.1) is 0 Å². The van der Waals surface area contributed by atoms with E-state index in [1.165, 1.54) is 0 Å². The van der Waals surface area contributed by atoms with Gasteiger partial charge < -0.3 is 10.2 Å². The molecule has 0 saturated heterocycles. The summed E-state index contributed by atoms with van der Waals surface area (Å²) in [6.07, 6.45) is 5.93. The Labute approximate surface area is 122 Å². The van der Waals surface area contributed by atoms with Crippen LogP contribution in [-0.2, 0) is 4.79 Å². The van der Waals surface area contributed by atoms with E-state index in [4.69, 9.17) is 23.2 Å². The zero-order chi connectivity index (χ0) is 14.3. The third-order valence-electron chi connectivity index (χ3n) is 4.49. The number of aliphatic hydroxyl groups is 1. The zero-order valence-corrected chi connectivity index (χ0v) is 12.3. The van der Waals surface area contributed by atoms with Crippen LogP contribution in [0.1, 0.15) is 39.0 Å². The Morgan fingerprint density at radius 1 is 1.32 bits per heavy atom. The van der Waals surface area contributed by atoms with Gasteiger partial charge in [0.05, 0.1) is 16.0 Å². The summed E-state index contributed by atoms with van der Waals surface area (Å²) in [6.45, 7) is 1.76. The van der Waals surface area contributed by atoms with Gasteiger partial charge in [0.15, 0.2) is 0 Å². The summed E-state index contributed by atoms with van der Waals surface area (Å²) in [7, 11) is 0. The van der Waals surface area contributed by atoms with E-state index >= 15 is 0 Å². The lowest BCUT2D eigenvalue weighted by atomic mass is 9.61. The molecule has 3 nitrogen and oxygen atoms in total. The van der Waals surface area contributed by atoms with Crippen LogP contribution in [0.25, 0.3) is 0 Å². The summed E-state index contributed by atoms with van der Waals surface area (Å²) in [5.41, 5.74) is -1.59. The zero-order valence-electron chi connectivity index (χ0n) is 10.8. The van der Waals surface area contributed by atoms with Crippen LogP contribution in [-0.4, -0.2) is 21.8 Å². The predicted octanol–water partition coefficient (Wildman–Crippen LogP) is 3.65. The number of carboxylic acid groups (broad SMARTS) is 1. The Kier molecular flexibility index (Phi) is 4.01. The van der Waals surface area contributed by atoms with Crippen molar-refractivity contribution in [2.75, 3.05) is 0 Å². The van der Waals surface area contributed by atoms with Crippen LogP contribution in [0.3, 0.4) is 0 Å². The van der Waals surface area contributed by atoms with Gasteiger partial charge in [0.1, 0.15) is 0 Å². The quantitative estimate of drug-likeness (QED) is 0.819. The Bertz CT molecular complexity index is 442. The molecule has 19 heavy (non-hydrogen) atoms. The van der Waals surface area contributed by atoms with Crippen LogP contribution in [0, 0.1) is 11.3 Å². The summed E-state index contributed by atoms with van der Waals surface area (Å²) in [5, 5.41) is 20.7. The van der Waals surface area contributed by atoms with Crippen molar-refractivity contribution in [3.63, 3.8) is 0 Å². The number of hydrogen-bond acceptors (Lipinski definition) is 2. The van der Waals surface area contributed by atoms with Crippen molar-refractivity contribution in [2.24, 2.45) is 11.3 Å². The van der Waals surface area contributed by atoms with Crippen LogP contribution in [0.15, 0.2) is 22.2 Å². The largest absolute Gasteiger partial charge is 0.481 e. The third-order valence-corrected chi connectivity index (χ3v) is 5.30. The molecular formula is C14H18Cl2O3. The van der Waals surface area contributed by atoms with E-state index in [9.17, 15) is 15.0 Å². The van der Waals surface area contributed by atoms with Crippen molar-refractivity contribution in [1.82, 2.24) is 0 Å². The number of halogens is 2. The average molecular weight is 305 g/mol. The van der Waals surface area contributed by atoms with Gasteiger partial charge in [-0.05, 0) is 51.0 Å². The second-order valence-corrected chi connectivity index (χ2v) is 6.74. The minimum absolute atomic E-state index is 0.156. The van der Waals surface area contributed by atoms with Gasteiger partial charge in [0, 0.05) is 5.03 Å². The van der Waals surface area contributed by atoms with Crippen molar-refractivity contribution in [2.45, 2.75) is 44.6 Å².